The van der Waals surface area contributed by atoms with Crippen molar-refractivity contribution in [1.29, 1.82) is 0 Å². The van der Waals surface area contributed by atoms with Crippen molar-refractivity contribution >= 4 is 17.6 Å². The number of benzene rings is 1. The molecule has 29 heavy (non-hydrogen) atoms. The van der Waals surface area contributed by atoms with Gasteiger partial charge in [-0.1, -0.05) is 11.3 Å². The maximum Gasteiger partial charge on any atom is 0.434 e. The second-order valence-corrected chi connectivity index (χ2v) is 5.82. The lowest BCUT2D eigenvalue weighted by Crippen LogP contribution is -2.19. The number of aromatic nitrogens is 5. The number of halogens is 3. The van der Waals surface area contributed by atoms with Crippen LogP contribution in [0.15, 0.2) is 36.7 Å². The van der Waals surface area contributed by atoms with E-state index in [2.05, 4.69) is 25.5 Å². The second kappa shape index (κ2) is 7.73. The number of rotatable bonds is 5. The fourth-order valence-electron chi connectivity index (χ4n) is 2.54. The minimum atomic E-state index is -4.86. The summed E-state index contributed by atoms with van der Waals surface area (Å²) in [6.07, 6.45) is -2.68. The summed E-state index contributed by atoms with van der Waals surface area (Å²) in [4.78, 5) is 24.1. The number of nitrogens with one attached hydrogen (secondary N) is 1. The number of esters is 1. The largest absolute Gasteiger partial charge is 0.462 e. The van der Waals surface area contributed by atoms with Gasteiger partial charge in [0.25, 0.3) is 5.91 Å². The maximum atomic E-state index is 13.6. The highest BCUT2D eigenvalue weighted by atomic mass is 19.4. The molecule has 2 heterocycles. The SMILES string of the molecule is CCOC(=O)c1cnn(-c2cccc(NC(=O)c3cn(C)nn3)c2)c1C(F)(F)F. The topological polar surface area (TPSA) is 104 Å². The smallest absolute Gasteiger partial charge is 0.434 e. The number of carbonyl (C=O) groups is 2. The fourth-order valence-corrected chi connectivity index (χ4v) is 2.54. The predicted molar refractivity (Wildman–Crippen MR) is 93.5 cm³/mol. The molecule has 0 radical (unpaired) electrons. The van der Waals surface area contributed by atoms with Crippen LogP contribution in [-0.2, 0) is 18.0 Å². The van der Waals surface area contributed by atoms with Crippen LogP contribution in [0.4, 0.5) is 18.9 Å². The molecule has 0 spiro atoms. The minimum absolute atomic E-state index is 0.00943. The number of aryl methyl sites for hydroxylation is 1. The van der Waals surface area contributed by atoms with E-state index in [9.17, 15) is 22.8 Å². The van der Waals surface area contributed by atoms with Crippen LogP contribution in [0, 0.1) is 0 Å². The molecule has 0 aliphatic carbocycles. The summed E-state index contributed by atoms with van der Waals surface area (Å²) in [7, 11) is 1.59. The van der Waals surface area contributed by atoms with Crippen molar-refractivity contribution in [1.82, 2.24) is 24.8 Å². The third kappa shape index (κ3) is 4.25. The van der Waals surface area contributed by atoms with Crippen LogP contribution in [0.3, 0.4) is 0 Å². The summed E-state index contributed by atoms with van der Waals surface area (Å²) in [6.45, 7) is 1.41. The monoisotopic (exact) mass is 408 g/mol. The van der Waals surface area contributed by atoms with Gasteiger partial charge in [-0.05, 0) is 25.1 Å². The Morgan fingerprint density at radius 1 is 1.28 bits per heavy atom. The standard InChI is InChI=1S/C17H15F3N6O3/c1-3-29-16(28)12-8-21-26(14(12)17(18,19)20)11-6-4-5-10(7-11)22-15(27)13-9-25(2)24-23-13/h4-9H,3H2,1-2H3,(H,22,27). The number of anilines is 1. The number of hydrogen-bond acceptors (Lipinski definition) is 6. The molecule has 0 saturated carbocycles. The van der Waals surface area contributed by atoms with E-state index in [0.29, 0.717) is 4.68 Å². The van der Waals surface area contributed by atoms with Gasteiger partial charge in [0.15, 0.2) is 11.4 Å². The number of hydrogen-bond donors (Lipinski definition) is 1. The zero-order valence-corrected chi connectivity index (χ0v) is 15.3. The van der Waals surface area contributed by atoms with Crippen molar-refractivity contribution in [3.05, 3.63) is 53.6 Å². The summed E-state index contributed by atoms with van der Waals surface area (Å²) < 4.78 is 47.4. The molecule has 0 atom stereocenters. The lowest BCUT2D eigenvalue weighted by atomic mass is 10.2. The Labute approximate surface area is 162 Å². The van der Waals surface area contributed by atoms with E-state index in [1.54, 1.807) is 7.05 Å². The van der Waals surface area contributed by atoms with Crippen molar-refractivity contribution in [3.63, 3.8) is 0 Å². The number of ether oxygens (including phenoxy) is 1. The van der Waals surface area contributed by atoms with Crippen molar-refractivity contribution < 1.29 is 27.5 Å². The Kier molecular flexibility index (Phi) is 5.35. The first-order valence-electron chi connectivity index (χ1n) is 8.31. The van der Waals surface area contributed by atoms with E-state index in [1.165, 1.54) is 42.1 Å². The van der Waals surface area contributed by atoms with Gasteiger partial charge >= 0.3 is 12.1 Å². The van der Waals surface area contributed by atoms with Gasteiger partial charge in [0.2, 0.25) is 0 Å². The normalized spacial score (nSPS) is 11.3. The summed E-state index contributed by atoms with van der Waals surface area (Å²) in [5.74, 6) is -1.71. The first-order chi connectivity index (χ1) is 13.7. The molecular weight excluding hydrogens is 393 g/mol. The molecule has 9 nitrogen and oxygen atoms in total. The molecule has 1 N–H and O–H groups in total. The zero-order valence-electron chi connectivity index (χ0n) is 15.3. The molecule has 1 aromatic carbocycles. The van der Waals surface area contributed by atoms with E-state index < -0.39 is 29.3 Å². The average Bonchev–Trinajstić information content (AvgIpc) is 3.28. The molecule has 2 aromatic heterocycles. The molecule has 0 bridgehead atoms. The third-order valence-corrected chi connectivity index (χ3v) is 3.72. The van der Waals surface area contributed by atoms with Gasteiger partial charge in [0.1, 0.15) is 5.56 Å². The van der Waals surface area contributed by atoms with E-state index in [-0.39, 0.29) is 23.7 Å². The second-order valence-electron chi connectivity index (χ2n) is 5.82. The van der Waals surface area contributed by atoms with Crippen molar-refractivity contribution in [2.75, 3.05) is 11.9 Å². The highest BCUT2D eigenvalue weighted by Crippen LogP contribution is 2.34. The first kappa shape index (κ1) is 20.0. The van der Waals surface area contributed by atoms with Gasteiger partial charge in [-0.25, -0.2) is 9.48 Å². The van der Waals surface area contributed by atoms with Gasteiger partial charge < -0.3 is 10.1 Å². The first-order valence-corrected chi connectivity index (χ1v) is 8.31. The van der Waals surface area contributed by atoms with E-state index in [4.69, 9.17) is 0 Å². The molecule has 3 rings (SSSR count). The summed E-state index contributed by atoms with van der Waals surface area (Å²) in [5, 5.41) is 13.5. The van der Waals surface area contributed by atoms with E-state index >= 15 is 0 Å². The Hall–Kier alpha value is -3.70. The molecule has 1 amide bonds. The highest BCUT2D eigenvalue weighted by Gasteiger charge is 2.41. The lowest BCUT2D eigenvalue weighted by Gasteiger charge is -2.13. The van der Waals surface area contributed by atoms with Crippen LogP contribution >= 0.6 is 0 Å². The van der Waals surface area contributed by atoms with Crippen LogP contribution in [0.5, 0.6) is 0 Å². The minimum Gasteiger partial charge on any atom is -0.462 e. The van der Waals surface area contributed by atoms with Crippen molar-refractivity contribution in [3.8, 4) is 5.69 Å². The molecule has 3 aromatic rings. The van der Waals surface area contributed by atoms with Crippen molar-refractivity contribution in [2.24, 2.45) is 7.05 Å². The van der Waals surface area contributed by atoms with Crippen LogP contribution in [0.1, 0.15) is 33.5 Å². The molecule has 0 saturated heterocycles. The quantitative estimate of drug-likeness (QED) is 0.651. The van der Waals surface area contributed by atoms with Crippen LogP contribution in [-0.4, -0.2) is 43.3 Å². The van der Waals surface area contributed by atoms with Gasteiger partial charge in [0, 0.05) is 12.7 Å². The third-order valence-electron chi connectivity index (χ3n) is 3.72. The summed E-state index contributed by atoms with van der Waals surface area (Å²) in [6, 6.07) is 5.56. The van der Waals surface area contributed by atoms with Gasteiger partial charge in [-0.15, -0.1) is 5.10 Å². The van der Waals surface area contributed by atoms with Crippen LogP contribution in [0.25, 0.3) is 5.69 Å². The van der Waals surface area contributed by atoms with Gasteiger partial charge in [0.05, 0.1) is 24.7 Å². The fraction of sp³-hybridized carbons (Fsp3) is 0.235. The maximum absolute atomic E-state index is 13.6. The number of amides is 1. The van der Waals surface area contributed by atoms with Gasteiger partial charge in [-0.3, -0.25) is 9.48 Å². The Bertz CT molecular complexity index is 1060. The number of alkyl halides is 3. The van der Waals surface area contributed by atoms with E-state index in [0.717, 1.165) is 6.20 Å². The van der Waals surface area contributed by atoms with E-state index in [1.807, 2.05) is 0 Å². The number of nitrogens with zero attached hydrogens (tertiary/aromatic N) is 5. The lowest BCUT2D eigenvalue weighted by molar-refractivity contribution is -0.143. The predicted octanol–water partition coefficient (Wildman–Crippen LogP) is 2.45. The Morgan fingerprint density at radius 2 is 2.03 bits per heavy atom. The number of carbonyl (C=O) groups excluding carboxylic acids is 2. The molecule has 0 aliphatic heterocycles. The molecule has 0 fully saturated rings. The molecule has 0 aliphatic rings. The Morgan fingerprint density at radius 3 is 2.66 bits per heavy atom. The molecule has 152 valence electrons. The Balaban J connectivity index is 1.96. The average molecular weight is 408 g/mol. The van der Waals surface area contributed by atoms with Crippen molar-refractivity contribution in [2.45, 2.75) is 13.1 Å². The van der Waals surface area contributed by atoms with Crippen LogP contribution in [0.2, 0.25) is 0 Å². The molecule has 12 heteroatoms. The zero-order chi connectivity index (χ0) is 21.2. The van der Waals surface area contributed by atoms with Crippen LogP contribution < -0.4 is 5.32 Å². The molecular formula is C17H15F3N6O3. The highest BCUT2D eigenvalue weighted by molar-refractivity contribution is 6.02. The summed E-state index contributed by atoms with van der Waals surface area (Å²) >= 11 is 0. The molecule has 0 unspecified atom stereocenters. The van der Waals surface area contributed by atoms with Gasteiger partial charge in [-0.2, -0.15) is 18.3 Å². The summed E-state index contributed by atoms with van der Waals surface area (Å²) in [5.41, 5.74) is -1.73.